The molecule has 0 saturated carbocycles. The standard InChI is InChI=1S/C19H22N2O3/c1-14-4-10-17(11-5-14)20-18(22)13-21(2)12-15-6-8-16(9-7-15)19(23)24-3/h4-11H,12-13H2,1-3H3,(H,20,22). The number of ether oxygens (including phenoxy) is 1. The number of hydrogen-bond donors (Lipinski definition) is 1. The number of amides is 1. The molecule has 0 radical (unpaired) electrons. The lowest BCUT2D eigenvalue weighted by Gasteiger charge is -2.16. The molecule has 24 heavy (non-hydrogen) atoms. The minimum atomic E-state index is -0.354. The molecule has 0 saturated heterocycles. The maximum Gasteiger partial charge on any atom is 0.337 e. The Morgan fingerprint density at radius 1 is 1.04 bits per heavy atom. The zero-order valence-electron chi connectivity index (χ0n) is 14.2. The number of aryl methyl sites for hydroxylation is 1. The van der Waals surface area contributed by atoms with Crippen molar-refractivity contribution in [2.45, 2.75) is 13.5 Å². The van der Waals surface area contributed by atoms with Crippen LogP contribution in [0.3, 0.4) is 0 Å². The lowest BCUT2D eigenvalue weighted by molar-refractivity contribution is -0.117. The third-order valence-corrected chi connectivity index (χ3v) is 3.58. The Morgan fingerprint density at radius 3 is 2.25 bits per heavy atom. The van der Waals surface area contributed by atoms with Crippen molar-refractivity contribution in [1.29, 1.82) is 0 Å². The monoisotopic (exact) mass is 326 g/mol. The van der Waals surface area contributed by atoms with Crippen LogP contribution in [0, 0.1) is 6.92 Å². The van der Waals surface area contributed by atoms with E-state index in [4.69, 9.17) is 0 Å². The van der Waals surface area contributed by atoms with E-state index >= 15 is 0 Å². The summed E-state index contributed by atoms with van der Waals surface area (Å²) in [6.07, 6.45) is 0. The Morgan fingerprint density at radius 2 is 1.67 bits per heavy atom. The van der Waals surface area contributed by atoms with Crippen molar-refractivity contribution in [2.75, 3.05) is 26.0 Å². The van der Waals surface area contributed by atoms with Gasteiger partial charge in [0.05, 0.1) is 19.2 Å². The van der Waals surface area contributed by atoms with Crippen LogP contribution < -0.4 is 5.32 Å². The van der Waals surface area contributed by atoms with Crippen molar-refractivity contribution in [3.8, 4) is 0 Å². The summed E-state index contributed by atoms with van der Waals surface area (Å²) in [5.41, 5.74) is 3.48. The fraction of sp³-hybridized carbons (Fsp3) is 0.263. The predicted molar refractivity (Wildman–Crippen MR) is 93.9 cm³/mol. The first-order chi connectivity index (χ1) is 11.5. The molecule has 0 aliphatic heterocycles. The molecule has 0 atom stereocenters. The number of methoxy groups -OCH3 is 1. The molecule has 2 aromatic rings. The summed E-state index contributed by atoms with van der Waals surface area (Å²) >= 11 is 0. The second-order valence-corrected chi connectivity index (χ2v) is 5.77. The van der Waals surface area contributed by atoms with Gasteiger partial charge in [-0.25, -0.2) is 4.79 Å². The first kappa shape index (κ1) is 17.7. The lowest BCUT2D eigenvalue weighted by Crippen LogP contribution is -2.29. The van der Waals surface area contributed by atoms with Gasteiger partial charge in [0.2, 0.25) is 5.91 Å². The summed E-state index contributed by atoms with van der Waals surface area (Å²) in [5.74, 6) is -0.417. The molecule has 0 aliphatic carbocycles. The van der Waals surface area contributed by atoms with Crippen molar-refractivity contribution < 1.29 is 14.3 Å². The van der Waals surface area contributed by atoms with Crippen LogP contribution in [0.2, 0.25) is 0 Å². The number of carbonyl (C=O) groups excluding carboxylic acids is 2. The maximum absolute atomic E-state index is 12.1. The van der Waals surface area contributed by atoms with Crippen molar-refractivity contribution in [2.24, 2.45) is 0 Å². The number of benzene rings is 2. The minimum absolute atomic E-state index is 0.0625. The van der Waals surface area contributed by atoms with Gasteiger partial charge in [0.25, 0.3) is 0 Å². The topological polar surface area (TPSA) is 58.6 Å². The molecular weight excluding hydrogens is 304 g/mol. The van der Waals surface area contributed by atoms with Crippen LogP contribution in [-0.4, -0.2) is 37.5 Å². The SMILES string of the molecule is COC(=O)c1ccc(CN(C)CC(=O)Nc2ccc(C)cc2)cc1. The van der Waals surface area contributed by atoms with Gasteiger partial charge < -0.3 is 10.1 Å². The molecule has 126 valence electrons. The van der Waals surface area contributed by atoms with Crippen LogP contribution in [0.4, 0.5) is 5.69 Å². The predicted octanol–water partition coefficient (Wildman–Crippen LogP) is 2.85. The second-order valence-electron chi connectivity index (χ2n) is 5.77. The van der Waals surface area contributed by atoms with Crippen LogP contribution >= 0.6 is 0 Å². The summed E-state index contributed by atoms with van der Waals surface area (Å²) in [6.45, 7) is 2.90. The zero-order chi connectivity index (χ0) is 17.5. The van der Waals surface area contributed by atoms with E-state index in [1.54, 1.807) is 12.1 Å². The Labute approximate surface area is 142 Å². The van der Waals surface area contributed by atoms with E-state index in [0.717, 1.165) is 16.8 Å². The Hall–Kier alpha value is -2.66. The minimum Gasteiger partial charge on any atom is -0.465 e. The van der Waals surface area contributed by atoms with Crippen molar-refractivity contribution in [3.63, 3.8) is 0 Å². The van der Waals surface area contributed by atoms with Gasteiger partial charge in [-0.1, -0.05) is 29.8 Å². The third kappa shape index (κ3) is 5.21. The number of nitrogens with zero attached hydrogens (tertiary/aromatic N) is 1. The molecule has 0 heterocycles. The summed E-state index contributed by atoms with van der Waals surface area (Å²) in [5, 5.41) is 2.88. The van der Waals surface area contributed by atoms with Crippen LogP contribution in [0.25, 0.3) is 0 Å². The average molecular weight is 326 g/mol. The van der Waals surface area contributed by atoms with Crippen molar-refractivity contribution >= 4 is 17.6 Å². The second kappa shape index (κ2) is 8.26. The highest BCUT2D eigenvalue weighted by Crippen LogP contribution is 2.10. The quantitative estimate of drug-likeness (QED) is 0.829. The molecule has 5 heteroatoms. The first-order valence-corrected chi connectivity index (χ1v) is 7.70. The van der Waals surface area contributed by atoms with E-state index in [2.05, 4.69) is 10.1 Å². The first-order valence-electron chi connectivity index (χ1n) is 7.70. The summed E-state index contributed by atoms with van der Waals surface area (Å²) in [7, 11) is 3.24. The van der Waals surface area contributed by atoms with Crippen molar-refractivity contribution in [3.05, 3.63) is 65.2 Å². The molecule has 2 rings (SSSR count). The average Bonchev–Trinajstić information content (AvgIpc) is 2.56. The fourth-order valence-corrected chi connectivity index (χ4v) is 2.31. The maximum atomic E-state index is 12.1. The van der Waals surface area contributed by atoms with Gasteiger partial charge in [0, 0.05) is 12.2 Å². The van der Waals surface area contributed by atoms with Crippen LogP contribution in [0.15, 0.2) is 48.5 Å². The fourth-order valence-electron chi connectivity index (χ4n) is 2.31. The highest BCUT2D eigenvalue weighted by atomic mass is 16.5. The Kier molecular flexibility index (Phi) is 6.09. The van der Waals surface area contributed by atoms with Gasteiger partial charge in [0.15, 0.2) is 0 Å². The molecule has 1 amide bonds. The molecule has 0 fully saturated rings. The number of anilines is 1. The lowest BCUT2D eigenvalue weighted by atomic mass is 10.1. The smallest absolute Gasteiger partial charge is 0.337 e. The molecule has 0 aromatic heterocycles. The van der Waals surface area contributed by atoms with Crippen LogP contribution in [0.5, 0.6) is 0 Å². The van der Waals surface area contributed by atoms with E-state index in [-0.39, 0.29) is 18.4 Å². The molecule has 0 aliphatic rings. The van der Waals surface area contributed by atoms with E-state index in [0.29, 0.717) is 12.1 Å². The zero-order valence-corrected chi connectivity index (χ0v) is 14.2. The van der Waals surface area contributed by atoms with E-state index in [1.165, 1.54) is 7.11 Å². The normalized spacial score (nSPS) is 10.5. The van der Waals surface area contributed by atoms with Gasteiger partial charge in [0.1, 0.15) is 0 Å². The summed E-state index contributed by atoms with van der Waals surface area (Å²) in [4.78, 5) is 25.4. The molecule has 1 N–H and O–H groups in total. The van der Waals surface area contributed by atoms with Crippen molar-refractivity contribution in [1.82, 2.24) is 4.90 Å². The molecule has 0 unspecified atom stereocenters. The molecular formula is C19H22N2O3. The highest BCUT2D eigenvalue weighted by Gasteiger charge is 2.09. The molecule has 5 nitrogen and oxygen atoms in total. The third-order valence-electron chi connectivity index (χ3n) is 3.58. The molecule has 2 aromatic carbocycles. The largest absolute Gasteiger partial charge is 0.465 e. The van der Waals surface area contributed by atoms with E-state index in [9.17, 15) is 9.59 Å². The van der Waals surface area contributed by atoms with Gasteiger partial charge in [-0.2, -0.15) is 0 Å². The van der Waals surface area contributed by atoms with E-state index < -0.39 is 0 Å². The summed E-state index contributed by atoms with van der Waals surface area (Å²) < 4.78 is 4.67. The number of hydrogen-bond acceptors (Lipinski definition) is 4. The van der Waals surface area contributed by atoms with Gasteiger partial charge in [-0.05, 0) is 43.8 Å². The van der Waals surface area contributed by atoms with Crippen LogP contribution in [-0.2, 0) is 16.1 Å². The molecule has 0 spiro atoms. The number of carbonyl (C=O) groups is 2. The summed E-state index contributed by atoms with van der Waals surface area (Å²) in [6, 6.07) is 14.9. The molecule has 0 bridgehead atoms. The number of rotatable bonds is 6. The van der Waals surface area contributed by atoms with E-state index in [1.807, 2.05) is 55.3 Å². The van der Waals surface area contributed by atoms with Gasteiger partial charge in [-0.15, -0.1) is 0 Å². The van der Waals surface area contributed by atoms with Crippen LogP contribution in [0.1, 0.15) is 21.5 Å². The Bertz CT molecular complexity index is 694. The number of nitrogens with one attached hydrogen (secondary N) is 1. The highest BCUT2D eigenvalue weighted by molar-refractivity contribution is 5.92. The van der Waals surface area contributed by atoms with Gasteiger partial charge in [-0.3, -0.25) is 9.69 Å². The number of esters is 1. The Balaban J connectivity index is 1.85. The van der Waals surface area contributed by atoms with Gasteiger partial charge >= 0.3 is 5.97 Å². The number of likely N-dealkylation sites (N-methyl/N-ethyl adjacent to an activating group) is 1.